The number of benzene rings is 2. The molecule has 2 aromatic carbocycles. The third-order valence-electron chi connectivity index (χ3n) is 12.1. The standard InChI is InChI=1S/C39H45F3N8O2/c1-4-31(51)50-20-38(21-50)10-13-47(14-11-38)36-28-15-27(25-6-7-25)33(32-24(3)5-8-30-29(32)16-43-46-30)35(52-22-39(40,41)42)34(28)44-37(45-36)48-12-9-26(19-48)49-17-23(2)18-49/h4-5,8,15-16,23,25-26H,1,6-7,9-14,17-22H2,2-3H3,(H,43,46)/t26-/m1/s1. The van der Waals surface area contributed by atoms with Crippen LogP contribution in [-0.4, -0.2) is 107 Å². The maximum atomic E-state index is 14.1. The van der Waals surface area contributed by atoms with Crippen molar-refractivity contribution >= 4 is 39.5 Å². The highest BCUT2D eigenvalue weighted by Crippen LogP contribution is 2.53. The summed E-state index contributed by atoms with van der Waals surface area (Å²) < 4.78 is 48.3. The summed E-state index contributed by atoms with van der Waals surface area (Å²) in [5.74, 6) is 2.29. The van der Waals surface area contributed by atoms with E-state index < -0.39 is 12.8 Å². The van der Waals surface area contributed by atoms with Crippen LogP contribution in [0.2, 0.25) is 0 Å². The number of amides is 1. The molecule has 1 spiro atoms. The predicted octanol–water partition coefficient (Wildman–Crippen LogP) is 6.45. The molecule has 2 aromatic heterocycles. The number of carbonyl (C=O) groups is 1. The van der Waals surface area contributed by atoms with Gasteiger partial charge in [0, 0.05) is 80.2 Å². The van der Waals surface area contributed by atoms with E-state index in [9.17, 15) is 18.0 Å². The Kier molecular flexibility index (Phi) is 7.94. The smallest absolute Gasteiger partial charge is 0.422 e. The number of halogens is 3. The number of aromatic amines is 1. The van der Waals surface area contributed by atoms with Crippen molar-refractivity contribution in [3.8, 4) is 16.9 Å². The summed E-state index contributed by atoms with van der Waals surface area (Å²) in [6, 6.07) is 6.47. The van der Waals surface area contributed by atoms with E-state index in [1.54, 1.807) is 6.20 Å². The number of carbonyl (C=O) groups excluding carboxylic acids is 1. The Morgan fingerprint density at radius 1 is 1.04 bits per heavy atom. The minimum Gasteiger partial charge on any atom is -0.481 e. The lowest BCUT2D eigenvalue weighted by atomic mass is 9.72. The highest BCUT2D eigenvalue weighted by Gasteiger charge is 2.47. The maximum absolute atomic E-state index is 14.1. The molecule has 4 saturated heterocycles. The molecule has 9 rings (SSSR count). The van der Waals surface area contributed by atoms with Crippen molar-refractivity contribution in [1.29, 1.82) is 0 Å². The molecule has 274 valence electrons. The van der Waals surface area contributed by atoms with Crippen LogP contribution in [0.15, 0.2) is 37.1 Å². The second-order valence-electron chi connectivity index (χ2n) is 16.0. The van der Waals surface area contributed by atoms with E-state index in [1.807, 2.05) is 24.0 Å². The van der Waals surface area contributed by atoms with E-state index in [4.69, 9.17) is 14.7 Å². The second kappa shape index (κ2) is 12.3. The van der Waals surface area contributed by atoms with Gasteiger partial charge in [0.2, 0.25) is 11.9 Å². The van der Waals surface area contributed by atoms with E-state index in [2.05, 4.69) is 44.5 Å². The van der Waals surface area contributed by atoms with Crippen LogP contribution >= 0.6 is 0 Å². The number of fused-ring (bicyclic) bond motifs is 2. The minimum atomic E-state index is -4.55. The Bertz CT molecular complexity index is 2050. The van der Waals surface area contributed by atoms with E-state index in [1.165, 1.54) is 6.08 Å². The van der Waals surface area contributed by atoms with Crippen LogP contribution in [0.5, 0.6) is 5.75 Å². The summed E-state index contributed by atoms with van der Waals surface area (Å²) in [5, 5.41) is 8.91. The number of nitrogens with one attached hydrogen (secondary N) is 1. The highest BCUT2D eigenvalue weighted by atomic mass is 19.4. The van der Waals surface area contributed by atoms with Crippen LogP contribution in [0.3, 0.4) is 0 Å². The quantitative estimate of drug-likeness (QED) is 0.209. The minimum absolute atomic E-state index is 0.0350. The van der Waals surface area contributed by atoms with Gasteiger partial charge in [0.05, 0.1) is 11.7 Å². The molecule has 1 aliphatic carbocycles. The van der Waals surface area contributed by atoms with E-state index >= 15 is 0 Å². The van der Waals surface area contributed by atoms with Crippen LogP contribution in [0.25, 0.3) is 32.9 Å². The van der Waals surface area contributed by atoms with Crippen LogP contribution in [0, 0.1) is 18.3 Å². The maximum Gasteiger partial charge on any atom is 0.422 e. The number of ether oxygens (including phenoxy) is 1. The van der Waals surface area contributed by atoms with Crippen LogP contribution in [0.1, 0.15) is 56.1 Å². The molecule has 13 heteroatoms. The van der Waals surface area contributed by atoms with E-state index in [0.717, 1.165) is 123 Å². The third kappa shape index (κ3) is 5.85. The first kappa shape index (κ1) is 33.4. The molecule has 0 bridgehead atoms. The van der Waals surface area contributed by atoms with Gasteiger partial charge in [-0.3, -0.25) is 14.8 Å². The molecular weight excluding hydrogens is 669 g/mol. The molecule has 1 saturated carbocycles. The summed E-state index contributed by atoms with van der Waals surface area (Å²) in [5.41, 5.74) is 4.68. The van der Waals surface area contributed by atoms with Crippen molar-refractivity contribution in [2.45, 2.75) is 64.1 Å². The number of nitrogens with zero attached hydrogens (tertiary/aromatic N) is 7. The molecule has 0 unspecified atom stereocenters. The van der Waals surface area contributed by atoms with Gasteiger partial charge >= 0.3 is 6.18 Å². The summed E-state index contributed by atoms with van der Waals surface area (Å²) in [7, 11) is 0. The molecule has 5 fully saturated rings. The lowest BCUT2D eigenvalue weighted by Crippen LogP contribution is -2.61. The zero-order valence-electron chi connectivity index (χ0n) is 29.8. The van der Waals surface area contributed by atoms with E-state index in [-0.39, 0.29) is 23.0 Å². The Hall–Kier alpha value is -4.39. The van der Waals surface area contributed by atoms with Gasteiger partial charge in [-0.05, 0) is 85.8 Å². The van der Waals surface area contributed by atoms with Crippen molar-refractivity contribution in [2.75, 3.05) is 68.8 Å². The fourth-order valence-electron chi connectivity index (χ4n) is 9.16. The Morgan fingerprint density at radius 3 is 2.50 bits per heavy atom. The number of hydrogen-bond donors (Lipinski definition) is 1. The molecule has 5 aliphatic rings. The first-order valence-electron chi connectivity index (χ1n) is 18.7. The van der Waals surface area contributed by atoms with Gasteiger partial charge in [-0.25, -0.2) is 4.98 Å². The predicted molar refractivity (Wildman–Crippen MR) is 195 cm³/mol. The fraction of sp³-hybridized carbons (Fsp3) is 0.538. The van der Waals surface area contributed by atoms with Crippen LogP contribution in [0.4, 0.5) is 24.9 Å². The van der Waals surface area contributed by atoms with Gasteiger partial charge in [-0.1, -0.05) is 19.6 Å². The summed E-state index contributed by atoms with van der Waals surface area (Å²) >= 11 is 0. The molecule has 4 aromatic rings. The lowest BCUT2D eigenvalue weighted by Gasteiger charge is -2.54. The summed E-state index contributed by atoms with van der Waals surface area (Å²) in [4.78, 5) is 31.6. The number of rotatable bonds is 8. The average molecular weight is 715 g/mol. The van der Waals surface area contributed by atoms with Crippen molar-refractivity contribution in [1.82, 2.24) is 30.0 Å². The molecule has 0 radical (unpaired) electrons. The van der Waals surface area contributed by atoms with Gasteiger partial charge < -0.3 is 19.4 Å². The van der Waals surface area contributed by atoms with E-state index in [0.29, 0.717) is 29.0 Å². The summed E-state index contributed by atoms with van der Waals surface area (Å²) in [6.07, 6.45) is 3.24. The normalized spacial score (nSPS) is 22.3. The largest absolute Gasteiger partial charge is 0.481 e. The fourth-order valence-corrected chi connectivity index (χ4v) is 9.16. The molecule has 10 nitrogen and oxygen atoms in total. The number of hydrogen-bond acceptors (Lipinski definition) is 8. The third-order valence-corrected chi connectivity index (χ3v) is 12.1. The molecule has 6 heterocycles. The number of anilines is 2. The first-order chi connectivity index (χ1) is 25.0. The number of H-pyrrole nitrogens is 1. The zero-order chi connectivity index (χ0) is 35.9. The number of aromatic nitrogens is 4. The molecule has 52 heavy (non-hydrogen) atoms. The van der Waals surface area contributed by atoms with Gasteiger partial charge in [-0.2, -0.15) is 23.3 Å². The monoisotopic (exact) mass is 714 g/mol. The van der Waals surface area contributed by atoms with Gasteiger partial charge in [0.15, 0.2) is 12.4 Å². The molecular formula is C39H45F3N8O2. The van der Waals surface area contributed by atoms with Crippen LogP contribution in [-0.2, 0) is 4.79 Å². The SMILES string of the molecule is C=CC(=O)N1CC2(CCN(c3nc(N4CC[C@@H](N5CC(C)C5)C4)nc4c(OCC(F)(F)F)c(-c5c(C)ccc6[nH]ncc56)c(C5CC5)cc34)CC2)C1. The Morgan fingerprint density at radius 2 is 1.81 bits per heavy atom. The van der Waals surface area contributed by atoms with Crippen molar-refractivity contribution in [3.05, 3.63) is 48.2 Å². The number of piperidine rings is 1. The van der Waals surface area contributed by atoms with Crippen molar-refractivity contribution in [2.24, 2.45) is 11.3 Å². The van der Waals surface area contributed by atoms with Gasteiger partial charge in [0.1, 0.15) is 11.3 Å². The Balaban J connectivity index is 1.20. The topological polar surface area (TPSA) is 93.7 Å². The summed E-state index contributed by atoms with van der Waals surface area (Å²) in [6.45, 7) is 13.1. The van der Waals surface area contributed by atoms with Crippen molar-refractivity contribution < 1.29 is 22.7 Å². The molecule has 1 N–H and O–H groups in total. The molecule has 4 aliphatic heterocycles. The van der Waals surface area contributed by atoms with Gasteiger partial charge in [-0.15, -0.1) is 0 Å². The average Bonchev–Trinajstić information content (AvgIpc) is 3.63. The number of alkyl halides is 3. The molecule has 1 amide bonds. The first-order valence-corrected chi connectivity index (χ1v) is 18.7. The molecule has 1 atom stereocenters. The Labute approximate surface area is 301 Å². The zero-order valence-corrected chi connectivity index (χ0v) is 29.8. The number of aryl methyl sites for hydroxylation is 1. The second-order valence-corrected chi connectivity index (χ2v) is 16.0. The lowest BCUT2D eigenvalue weighted by molar-refractivity contribution is -0.153. The van der Waals surface area contributed by atoms with Crippen LogP contribution < -0.4 is 14.5 Å². The number of likely N-dealkylation sites (tertiary alicyclic amines) is 2. The van der Waals surface area contributed by atoms with Gasteiger partial charge in [0.25, 0.3) is 0 Å². The van der Waals surface area contributed by atoms with Crippen molar-refractivity contribution in [3.63, 3.8) is 0 Å². The highest BCUT2D eigenvalue weighted by molar-refractivity contribution is 6.06.